The fourth-order valence-corrected chi connectivity index (χ4v) is 5.89. The van der Waals surface area contributed by atoms with Gasteiger partial charge in [-0.15, -0.1) is 0 Å². The molecular weight excluding hydrogens is 606 g/mol. The minimum Gasteiger partial charge on any atom is -0.424 e. The average Bonchev–Trinajstić information content (AvgIpc) is 3.58. The number of alkyl halides is 6. The van der Waals surface area contributed by atoms with Crippen molar-refractivity contribution in [1.82, 2.24) is 10.6 Å². The Morgan fingerprint density at radius 1 is 1.00 bits per heavy atom. The first-order chi connectivity index (χ1) is 21.3. The first-order valence-corrected chi connectivity index (χ1v) is 14.6. The smallest absolute Gasteiger partial charge is 0.416 e. The van der Waals surface area contributed by atoms with Crippen LogP contribution in [-0.2, 0) is 17.5 Å². The van der Waals surface area contributed by atoms with E-state index in [4.69, 9.17) is 4.52 Å². The molecule has 0 spiro atoms. The summed E-state index contributed by atoms with van der Waals surface area (Å²) in [7, 11) is 0. The van der Waals surface area contributed by atoms with Gasteiger partial charge in [-0.2, -0.15) is 26.3 Å². The van der Waals surface area contributed by atoms with Gasteiger partial charge < -0.3 is 25.4 Å². The number of carbonyl (C=O) groups is 2. The van der Waals surface area contributed by atoms with Crippen LogP contribution in [0.15, 0.2) is 59.3 Å². The van der Waals surface area contributed by atoms with Gasteiger partial charge in [0.15, 0.2) is 17.8 Å². The number of halogens is 6. The first kappa shape index (κ1) is 32.3. The van der Waals surface area contributed by atoms with Crippen molar-refractivity contribution in [2.45, 2.75) is 56.9 Å². The molecule has 45 heavy (non-hydrogen) atoms. The van der Waals surface area contributed by atoms with Crippen molar-refractivity contribution in [1.29, 1.82) is 0 Å². The molecule has 2 aromatic carbocycles. The summed E-state index contributed by atoms with van der Waals surface area (Å²) in [5.41, 5.74) is -0.446. The fourth-order valence-electron chi connectivity index (χ4n) is 5.89. The molecule has 2 heterocycles. The number of benzene rings is 2. The van der Waals surface area contributed by atoms with Crippen LogP contribution < -0.4 is 20.2 Å². The maximum Gasteiger partial charge on any atom is 0.416 e. The maximum absolute atomic E-state index is 13.8. The Kier molecular flexibility index (Phi) is 9.65. The van der Waals surface area contributed by atoms with Gasteiger partial charge in [0.1, 0.15) is 0 Å². The summed E-state index contributed by atoms with van der Waals surface area (Å²) in [6, 6.07) is 10.9. The minimum absolute atomic E-state index is 0.00641. The highest BCUT2D eigenvalue weighted by Gasteiger charge is 2.36. The summed E-state index contributed by atoms with van der Waals surface area (Å²) in [6.45, 7) is -0.0402. The van der Waals surface area contributed by atoms with Crippen LogP contribution in [0.5, 0.6) is 0 Å². The summed E-state index contributed by atoms with van der Waals surface area (Å²) in [5, 5.41) is 12.4. The number of carbonyl (C=O) groups excluding carboxylic acids is 2. The third-order valence-electron chi connectivity index (χ3n) is 8.10. The Labute approximate surface area is 254 Å². The number of hydrogen-bond donors (Lipinski definition) is 2. The molecule has 1 unspecified atom stereocenters. The quantitative estimate of drug-likeness (QED) is 0.201. The molecule has 1 aliphatic heterocycles. The Morgan fingerprint density at radius 3 is 2.40 bits per heavy atom. The lowest BCUT2D eigenvalue weighted by molar-refractivity contribution is -0.767. The zero-order valence-electron chi connectivity index (χ0n) is 24.1. The molecule has 1 aromatic heterocycles. The SMILES string of the molecule is O=C([N-]c1c[n+](CC2CCC(CNCC(F)(F)F)CC2)no1)Nc1cc(N2CCC(c3ccccc3)C2=O)cc(C(F)(F)F)c1. The molecule has 1 saturated carbocycles. The Bertz CT molecular complexity index is 1470. The van der Waals surface area contributed by atoms with Crippen LogP contribution in [0.1, 0.15) is 49.1 Å². The van der Waals surface area contributed by atoms with E-state index in [1.165, 1.54) is 21.8 Å². The van der Waals surface area contributed by atoms with E-state index in [2.05, 4.69) is 21.2 Å². The summed E-state index contributed by atoms with van der Waals surface area (Å²) in [4.78, 5) is 27.1. The molecule has 15 heteroatoms. The summed E-state index contributed by atoms with van der Waals surface area (Å²) >= 11 is 0. The number of rotatable bonds is 9. The Balaban J connectivity index is 1.17. The molecule has 5 rings (SSSR count). The van der Waals surface area contributed by atoms with Gasteiger partial charge in [-0.1, -0.05) is 35.0 Å². The zero-order chi connectivity index (χ0) is 32.2. The molecule has 1 atom stereocenters. The van der Waals surface area contributed by atoms with Gasteiger partial charge in [-0.05, 0) is 74.0 Å². The standard InChI is InChI=1S/C30H32F6N6O3/c31-29(32,33)18-37-15-19-6-8-20(9-7-19)16-41-17-26(45-40-41)39-28(44)38-23-12-22(30(34,35)36)13-24(14-23)42-11-10-25(27(42)43)21-4-2-1-3-5-21/h1-5,12-14,17,19-20,25,37H,6-11,15-16,18H2,(H-,38,39,40,44). The van der Waals surface area contributed by atoms with Crippen molar-refractivity contribution in [2.24, 2.45) is 11.8 Å². The van der Waals surface area contributed by atoms with Gasteiger partial charge in [-0.3, -0.25) is 9.59 Å². The average molecular weight is 639 g/mol. The molecule has 0 bridgehead atoms. The van der Waals surface area contributed by atoms with Gasteiger partial charge in [0.05, 0.1) is 18.0 Å². The molecule has 9 nitrogen and oxygen atoms in total. The molecule has 0 radical (unpaired) electrons. The number of anilines is 2. The topological polar surface area (TPSA) is 105 Å². The van der Waals surface area contributed by atoms with Crippen molar-refractivity contribution in [3.63, 3.8) is 0 Å². The van der Waals surface area contributed by atoms with E-state index < -0.39 is 36.4 Å². The Morgan fingerprint density at radius 2 is 1.71 bits per heavy atom. The van der Waals surface area contributed by atoms with Crippen LogP contribution in [0.2, 0.25) is 0 Å². The molecular formula is C30H32F6N6O3. The van der Waals surface area contributed by atoms with Crippen molar-refractivity contribution >= 4 is 29.2 Å². The molecule has 2 fully saturated rings. The third-order valence-corrected chi connectivity index (χ3v) is 8.10. The van der Waals surface area contributed by atoms with Gasteiger partial charge in [0, 0.05) is 18.2 Å². The molecule has 2 aliphatic rings. The molecule has 1 aliphatic carbocycles. The van der Waals surface area contributed by atoms with Gasteiger partial charge in [0.2, 0.25) is 18.0 Å². The van der Waals surface area contributed by atoms with Crippen molar-refractivity contribution in [2.75, 3.05) is 29.9 Å². The highest BCUT2D eigenvalue weighted by Crippen LogP contribution is 2.38. The highest BCUT2D eigenvalue weighted by atomic mass is 19.4. The van der Waals surface area contributed by atoms with Crippen LogP contribution >= 0.6 is 0 Å². The van der Waals surface area contributed by atoms with Crippen LogP contribution in [0.4, 0.5) is 48.4 Å². The second-order valence-electron chi connectivity index (χ2n) is 11.4. The molecule has 2 N–H and O–H groups in total. The number of nitrogens with one attached hydrogen (secondary N) is 2. The van der Waals surface area contributed by atoms with Crippen LogP contribution in [-0.4, -0.2) is 43.0 Å². The molecule has 3 amide bonds. The molecule has 1 saturated heterocycles. The summed E-state index contributed by atoms with van der Waals surface area (Å²) in [6.07, 6.45) is -4.04. The number of amides is 3. The van der Waals surface area contributed by atoms with E-state index in [1.807, 2.05) is 6.07 Å². The lowest BCUT2D eigenvalue weighted by atomic mass is 9.82. The van der Waals surface area contributed by atoms with Gasteiger partial charge in [-0.25, -0.2) is 0 Å². The maximum atomic E-state index is 13.8. The normalized spacial score (nSPS) is 20.8. The monoisotopic (exact) mass is 638 g/mol. The number of nitrogens with zero attached hydrogens (tertiary/aromatic N) is 4. The second-order valence-corrected chi connectivity index (χ2v) is 11.4. The lowest BCUT2D eigenvalue weighted by Gasteiger charge is -2.26. The zero-order valence-corrected chi connectivity index (χ0v) is 24.1. The number of urea groups is 1. The van der Waals surface area contributed by atoms with Crippen molar-refractivity contribution in [3.05, 3.63) is 71.2 Å². The number of aromatic nitrogens is 2. The predicted octanol–water partition coefficient (Wildman–Crippen LogP) is 6.70. The van der Waals surface area contributed by atoms with Crippen LogP contribution in [0, 0.1) is 11.8 Å². The lowest BCUT2D eigenvalue weighted by Crippen LogP contribution is -2.40. The van der Waals surface area contributed by atoms with E-state index in [0.717, 1.165) is 43.4 Å². The number of hydrogen-bond acceptors (Lipinski definition) is 5. The molecule has 3 aromatic rings. The minimum atomic E-state index is -4.73. The Hall–Kier alpha value is -4.14. The molecule has 242 valence electrons. The van der Waals surface area contributed by atoms with E-state index >= 15 is 0 Å². The third kappa shape index (κ3) is 8.74. The van der Waals surface area contributed by atoms with Gasteiger partial charge >= 0.3 is 12.4 Å². The fraction of sp³-hybridized carbons (Fsp3) is 0.467. The van der Waals surface area contributed by atoms with E-state index in [-0.39, 0.29) is 41.5 Å². The first-order valence-electron chi connectivity index (χ1n) is 14.6. The predicted molar refractivity (Wildman–Crippen MR) is 151 cm³/mol. The summed E-state index contributed by atoms with van der Waals surface area (Å²) in [5.74, 6) is -0.614. The van der Waals surface area contributed by atoms with E-state index in [0.29, 0.717) is 19.5 Å². The largest absolute Gasteiger partial charge is 0.424 e. The highest BCUT2D eigenvalue weighted by molar-refractivity contribution is 6.04. The van der Waals surface area contributed by atoms with Crippen molar-refractivity contribution < 1.29 is 45.1 Å². The summed E-state index contributed by atoms with van der Waals surface area (Å²) < 4.78 is 84.9. The van der Waals surface area contributed by atoms with Crippen molar-refractivity contribution in [3.8, 4) is 0 Å². The second kappa shape index (κ2) is 13.5. The van der Waals surface area contributed by atoms with Gasteiger partial charge in [0.25, 0.3) is 0 Å². The van der Waals surface area contributed by atoms with Crippen LogP contribution in [0.3, 0.4) is 0 Å². The van der Waals surface area contributed by atoms with Crippen LogP contribution in [0.25, 0.3) is 5.32 Å². The van der Waals surface area contributed by atoms with E-state index in [9.17, 15) is 35.9 Å². The van der Waals surface area contributed by atoms with E-state index in [1.54, 1.807) is 24.3 Å².